The molecule has 0 unspecified atom stereocenters. The van der Waals surface area contributed by atoms with E-state index in [2.05, 4.69) is 0 Å². The first-order valence-electron chi connectivity index (χ1n) is 11.5. The van der Waals surface area contributed by atoms with Crippen LogP contribution < -0.4 is 19.9 Å². The second-order valence-corrected chi connectivity index (χ2v) is 8.26. The number of ether oxygens (including phenoxy) is 2. The van der Waals surface area contributed by atoms with Crippen LogP contribution in [0.25, 0.3) is 32.7 Å². The largest absolute Gasteiger partial charge is 0.457 e. The Bertz CT molecular complexity index is 1850. The molecule has 0 aliphatic carbocycles. The summed E-state index contributed by atoms with van der Waals surface area (Å²) in [6.45, 7) is 0. The van der Waals surface area contributed by atoms with E-state index < -0.39 is 0 Å². The Morgan fingerprint density at radius 2 is 0.816 bits per heavy atom. The number of nitriles is 4. The summed E-state index contributed by atoms with van der Waals surface area (Å²) in [5.41, 5.74) is -0.405. The molecular formula is C32H16N4O2. The lowest BCUT2D eigenvalue weighted by Gasteiger charge is -2.12. The summed E-state index contributed by atoms with van der Waals surface area (Å²) in [6.07, 6.45) is 0. The molecule has 0 aromatic heterocycles. The lowest BCUT2D eigenvalue weighted by Crippen LogP contribution is -2.18. The minimum absolute atomic E-state index is 0.141. The summed E-state index contributed by atoms with van der Waals surface area (Å²) in [5.74, 6) is 1.21. The van der Waals surface area contributed by atoms with Gasteiger partial charge in [0.15, 0.2) is 0 Å². The van der Waals surface area contributed by atoms with Gasteiger partial charge in [-0.3, -0.25) is 0 Å². The molecule has 6 nitrogen and oxygen atoms in total. The van der Waals surface area contributed by atoms with Crippen molar-refractivity contribution in [3.8, 4) is 47.3 Å². The van der Waals surface area contributed by atoms with Crippen LogP contribution in [0.2, 0.25) is 0 Å². The fourth-order valence-electron chi connectivity index (χ4n) is 4.13. The first kappa shape index (κ1) is 23.7. The van der Waals surface area contributed by atoms with Gasteiger partial charge in [-0.25, -0.2) is 0 Å². The molecule has 0 saturated heterocycles. The van der Waals surface area contributed by atoms with Gasteiger partial charge in [0.25, 0.3) is 0 Å². The van der Waals surface area contributed by atoms with Gasteiger partial charge < -0.3 is 9.47 Å². The Morgan fingerprint density at radius 1 is 0.447 bits per heavy atom. The molecule has 0 spiro atoms. The van der Waals surface area contributed by atoms with Crippen LogP contribution in [-0.2, 0) is 0 Å². The van der Waals surface area contributed by atoms with Crippen LogP contribution in [-0.4, -0.2) is 0 Å². The predicted molar refractivity (Wildman–Crippen MR) is 143 cm³/mol. The zero-order valence-corrected chi connectivity index (χ0v) is 19.8. The Morgan fingerprint density at radius 3 is 1.18 bits per heavy atom. The smallest absolute Gasteiger partial charge is 0.140 e. The minimum atomic E-state index is -0.203. The molecular weight excluding hydrogens is 472 g/mol. The fraction of sp³-hybridized carbons (Fsp3) is 0. The van der Waals surface area contributed by atoms with Gasteiger partial charge in [-0.05, 0) is 57.9 Å². The molecule has 38 heavy (non-hydrogen) atoms. The van der Waals surface area contributed by atoms with E-state index in [0.29, 0.717) is 11.5 Å². The van der Waals surface area contributed by atoms with Gasteiger partial charge in [0.1, 0.15) is 58.4 Å². The Balaban J connectivity index is 1.72. The SMILES string of the molecule is N#CC(C#N)=c1cc(Oc2ccc3ccccc3c2)c(=C(C#N)C#N)cc1Oc1ccc2ccccc2c1. The monoisotopic (exact) mass is 488 g/mol. The Hall–Kier alpha value is -6.08. The molecule has 0 heterocycles. The van der Waals surface area contributed by atoms with Crippen LogP contribution in [0.1, 0.15) is 0 Å². The van der Waals surface area contributed by atoms with Crippen LogP contribution in [0, 0.1) is 45.3 Å². The summed E-state index contributed by atoms with van der Waals surface area (Å²) in [6, 6.07) is 37.0. The quantitative estimate of drug-likeness (QED) is 0.308. The lowest BCUT2D eigenvalue weighted by atomic mass is 10.1. The highest BCUT2D eigenvalue weighted by atomic mass is 16.5. The molecule has 0 bridgehead atoms. The molecule has 5 aromatic carbocycles. The molecule has 0 atom stereocenters. The first-order valence-corrected chi connectivity index (χ1v) is 11.5. The van der Waals surface area contributed by atoms with Crippen LogP contribution in [0.3, 0.4) is 0 Å². The zero-order valence-electron chi connectivity index (χ0n) is 19.8. The maximum atomic E-state index is 9.67. The molecule has 5 rings (SSSR count). The lowest BCUT2D eigenvalue weighted by molar-refractivity contribution is 0.463. The van der Waals surface area contributed by atoms with E-state index in [9.17, 15) is 21.0 Å². The molecule has 5 aromatic rings. The van der Waals surface area contributed by atoms with E-state index in [-0.39, 0.29) is 33.1 Å². The minimum Gasteiger partial charge on any atom is -0.457 e. The summed E-state index contributed by atoms with van der Waals surface area (Å²) in [5, 5.41) is 42.9. The summed E-state index contributed by atoms with van der Waals surface area (Å²) >= 11 is 0. The van der Waals surface area contributed by atoms with Gasteiger partial charge in [0.05, 0.1) is 0 Å². The van der Waals surface area contributed by atoms with Gasteiger partial charge in [0.2, 0.25) is 0 Å². The molecule has 0 fully saturated rings. The number of benzene rings is 5. The zero-order chi connectivity index (χ0) is 26.5. The second-order valence-electron chi connectivity index (χ2n) is 8.26. The van der Waals surface area contributed by atoms with Crippen molar-refractivity contribution in [1.29, 1.82) is 21.0 Å². The van der Waals surface area contributed by atoms with Crippen molar-refractivity contribution in [1.82, 2.24) is 0 Å². The van der Waals surface area contributed by atoms with Gasteiger partial charge in [-0.1, -0.05) is 60.7 Å². The van der Waals surface area contributed by atoms with Gasteiger partial charge >= 0.3 is 0 Å². The van der Waals surface area contributed by atoms with Crippen LogP contribution in [0.5, 0.6) is 23.0 Å². The molecule has 0 aliphatic rings. The van der Waals surface area contributed by atoms with Crippen LogP contribution in [0.4, 0.5) is 0 Å². The molecule has 0 saturated carbocycles. The molecule has 0 aliphatic heterocycles. The summed E-state index contributed by atoms with van der Waals surface area (Å²) in [7, 11) is 0. The molecule has 176 valence electrons. The Labute approximate surface area is 218 Å². The van der Waals surface area contributed by atoms with Crippen molar-refractivity contribution in [2.45, 2.75) is 0 Å². The maximum Gasteiger partial charge on any atom is 0.140 e. The van der Waals surface area contributed by atoms with Crippen molar-refractivity contribution < 1.29 is 9.47 Å². The van der Waals surface area contributed by atoms with Crippen molar-refractivity contribution >= 4 is 32.7 Å². The number of fused-ring (bicyclic) bond motifs is 2. The van der Waals surface area contributed by atoms with Crippen LogP contribution in [0.15, 0.2) is 97.1 Å². The fourth-order valence-corrected chi connectivity index (χ4v) is 4.13. The van der Waals surface area contributed by atoms with E-state index in [1.165, 1.54) is 12.1 Å². The third kappa shape index (κ3) is 4.58. The highest BCUT2D eigenvalue weighted by molar-refractivity contribution is 5.85. The molecule has 0 amide bonds. The highest BCUT2D eigenvalue weighted by Gasteiger charge is 2.14. The number of hydrogen-bond donors (Lipinski definition) is 0. The van der Waals surface area contributed by atoms with Crippen molar-refractivity contribution in [2.75, 3.05) is 0 Å². The average molecular weight is 489 g/mol. The van der Waals surface area contributed by atoms with E-state index in [0.717, 1.165) is 21.5 Å². The molecule has 6 heteroatoms. The third-order valence-corrected chi connectivity index (χ3v) is 5.97. The number of rotatable bonds is 4. The maximum absolute atomic E-state index is 9.67. The van der Waals surface area contributed by atoms with Crippen molar-refractivity contribution in [3.05, 3.63) is 107 Å². The molecule has 0 N–H and O–H groups in total. The highest BCUT2D eigenvalue weighted by Crippen LogP contribution is 2.27. The van der Waals surface area contributed by atoms with Crippen molar-refractivity contribution in [3.63, 3.8) is 0 Å². The first-order chi connectivity index (χ1) is 18.6. The standard InChI is InChI=1S/C32H16N4O2/c33-17-25(18-34)29-16-32(38-28-12-10-22-6-2-4-8-24(22)14-28)30(26(19-35)20-36)15-31(29)37-27-11-9-21-5-1-3-7-23(21)13-27/h1-16H. The summed E-state index contributed by atoms with van der Waals surface area (Å²) < 4.78 is 12.3. The van der Waals surface area contributed by atoms with E-state index >= 15 is 0 Å². The van der Waals surface area contributed by atoms with E-state index in [1.54, 1.807) is 12.1 Å². The summed E-state index contributed by atoms with van der Waals surface area (Å²) in [4.78, 5) is 0. The van der Waals surface area contributed by atoms with E-state index in [1.807, 2.05) is 97.1 Å². The van der Waals surface area contributed by atoms with Crippen LogP contribution >= 0.6 is 0 Å². The normalized spacial score (nSPS) is 10.0. The number of hydrogen-bond acceptors (Lipinski definition) is 6. The Kier molecular flexibility index (Phi) is 6.39. The third-order valence-electron chi connectivity index (χ3n) is 5.97. The number of nitrogens with zero attached hydrogens (tertiary/aromatic N) is 4. The average Bonchev–Trinajstić information content (AvgIpc) is 2.96. The van der Waals surface area contributed by atoms with Crippen molar-refractivity contribution in [2.24, 2.45) is 0 Å². The second kappa shape index (κ2) is 10.3. The topological polar surface area (TPSA) is 114 Å². The predicted octanol–water partition coefficient (Wildman–Crippen LogP) is 5.97. The molecule has 0 radical (unpaired) electrons. The van der Waals surface area contributed by atoms with Gasteiger partial charge in [0, 0.05) is 10.4 Å². The van der Waals surface area contributed by atoms with Gasteiger partial charge in [-0.15, -0.1) is 0 Å². The van der Waals surface area contributed by atoms with Gasteiger partial charge in [-0.2, -0.15) is 21.0 Å². The van der Waals surface area contributed by atoms with E-state index in [4.69, 9.17) is 9.47 Å².